The Morgan fingerprint density at radius 2 is 2.39 bits per heavy atom. The summed E-state index contributed by atoms with van der Waals surface area (Å²) in [6.45, 7) is 8.58. The van der Waals surface area contributed by atoms with Gasteiger partial charge in [-0.2, -0.15) is 5.10 Å². The molecule has 2 N–H and O–H groups in total. The third-order valence-electron chi connectivity index (χ3n) is 4.13. The third kappa shape index (κ3) is 3.12. The van der Waals surface area contributed by atoms with E-state index in [9.17, 15) is 0 Å². The molecule has 1 fully saturated rings. The van der Waals surface area contributed by atoms with Gasteiger partial charge in [0.15, 0.2) is 0 Å². The summed E-state index contributed by atoms with van der Waals surface area (Å²) in [5.74, 6) is 0.785. The van der Waals surface area contributed by atoms with E-state index in [0.717, 1.165) is 25.4 Å². The Kier molecular flexibility index (Phi) is 4.78. The number of likely N-dealkylation sites (tertiary alicyclic amines) is 1. The van der Waals surface area contributed by atoms with Crippen molar-refractivity contribution in [2.24, 2.45) is 11.7 Å². The van der Waals surface area contributed by atoms with Crippen LogP contribution in [-0.2, 0) is 6.54 Å². The molecule has 4 heteroatoms. The van der Waals surface area contributed by atoms with Gasteiger partial charge in [0.1, 0.15) is 0 Å². The van der Waals surface area contributed by atoms with Gasteiger partial charge in [0.2, 0.25) is 0 Å². The molecule has 0 spiro atoms. The Morgan fingerprint density at radius 1 is 1.56 bits per heavy atom. The molecular weight excluding hydrogens is 224 g/mol. The monoisotopic (exact) mass is 250 g/mol. The molecule has 2 rings (SSSR count). The van der Waals surface area contributed by atoms with Gasteiger partial charge in [-0.3, -0.25) is 9.58 Å². The molecule has 0 saturated carbocycles. The maximum atomic E-state index is 5.68. The van der Waals surface area contributed by atoms with Crippen LogP contribution in [0.1, 0.15) is 44.7 Å². The standard InChI is InChI=1S/C14H26N4/c1-3-18-11-14(9-16-18)12(2)17-8-4-5-13(10-17)6-7-15/h9,11-13H,3-8,10,15H2,1-2H3. The lowest BCUT2D eigenvalue weighted by Crippen LogP contribution is -2.37. The summed E-state index contributed by atoms with van der Waals surface area (Å²) >= 11 is 0. The van der Waals surface area contributed by atoms with Crippen LogP contribution < -0.4 is 5.73 Å². The zero-order valence-corrected chi connectivity index (χ0v) is 11.7. The number of aryl methyl sites for hydroxylation is 1. The third-order valence-corrected chi connectivity index (χ3v) is 4.13. The van der Waals surface area contributed by atoms with Gasteiger partial charge >= 0.3 is 0 Å². The molecule has 4 nitrogen and oxygen atoms in total. The minimum Gasteiger partial charge on any atom is -0.330 e. The van der Waals surface area contributed by atoms with Crippen molar-refractivity contribution >= 4 is 0 Å². The maximum absolute atomic E-state index is 5.68. The molecular formula is C14H26N4. The van der Waals surface area contributed by atoms with Gasteiger partial charge in [-0.15, -0.1) is 0 Å². The summed E-state index contributed by atoms with van der Waals surface area (Å²) in [5.41, 5.74) is 7.02. The Balaban J connectivity index is 1.97. The smallest absolute Gasteiger partial charge is 0.0537 e. The van der Waals surface area contributed by atoms with Gasteiger partial charge in [-0.25, -0.2) is 0 Å². The average molecular weight is 250 g/mol. The number of hydrogen-bond acceptors (Lipinski definition) is 3. The van der Waals surface area contributed by atoms with E-state index in [0.29, 0.717) is 6.04 Å². The first-order valence-corrected chi connectivity index (χ1v) is 7.21. The topological polar surface area (TPSA) is 47.1 Å². The molecule has 1 aromatic heterocycles. The quantitative estimate of drug-likeness (QED) is 0.869. The summed E-state index contributed by atoms with van der Waals surface area (Å²) in [4.78, 5) is 2.58. The van der Waals surface area contributed by atoms with Crippen LogP contribution in [0.25, 0.3) is 0 Å². The second-order valence-corrected chi connectivity index (χ2v) is 5.39. The summed E-state index contributed by atoms with van der Waals surface area (Å²) < 4.78 is 2.01. The van der Waals surface area contributed by atoms with Gasteiger partial charge in [0.25, 0.3) is 0 Å². The number of aromatic nitrogens is 2. The Hall–Kier alpha value is -0.870. The van der Waals surface area contributed by atoms with Crippen LogP contribution in [0.3, 0.4) is 0 Å². The van der Waals surface area contributed by atoms with E-state index in [1.165, 1.54) is 31.5 Å². The Morgan fingerprint density at radius 3 is 3.06 bits per heavy atom. The molecule has 1 aliphatic heterocycles. The predicted octanol–water partition coefficient (Wildman–Crippen LogP) is 2.02. The van der Waals surface area contributed by atoms with E-state index in [2.05, 4.69) is 30.0 Å². The van der Waals surface area contributed by atoms with Crippen LogP contribution in [0, 0.1) is 5.92 Å². The number of piperidine rings is 1. The second kappa shape index (κ2) is 6.34. The van der Waals surface area contributed by atoms with Crippen LogP contribution in [0.4, 0.5) is 0 Å². The summed E-state index contributed by atoms with van der Waals surface area (Å²) in [6.07, 6.45) is 8.00. The summed E-state index contributed by atoms with van der Waals surface area (Å²) in [6, 6.07) is 0.478. The first kappa shape index (κ1) is 13.6. The summed E-state index contributed by atoms with van der Waals surface area (Å²) in [7, 11) is 0. The van der Waals surface area contributed by atoms with Crippen LogP contribution in [0.5, 0.6) is 0 Å². The molecule has 2 atom stereocenters. The van der Waals surface area contributed by atoms with Crippen molar-refractivity contribution in [3.63, 3.8) is 0 Å². The first-order chi connectivity index (χ1) is 8.74. The van der Waals surface area contributed by atoms with Gasteiger partial charge < -0.3 is 5.73 Å². The fourth-order valence-electron chi connectivity index (χ4n) is 2.90. The molecule has 0 bridgehead atoms. The van der Waals surface area contributed by atoms with Crippen molar-refractivity contribution in [1.82, 2.24) is 14.7 Å². The highest BCUT2D eigenvalue weighted by molar-refractivity contribution is 5.10. The van der Waals surface area contributed by atoms with E-state index < -0.39 is 0 Å². The first-order valence-electron chi connectivity index (χ1n) is 7.21. The van der Waals surface area contributed by atoms with Gasteiger partial charge in [0.05, 0.1) is 6.20 Å². The average Bonchev–Trinajstić information content (AvgIpc) is 2.87. The number of rotatable bonds is 5. The molecule has 0 aromatic carbocycles. The largest absolute Gasteiger partial charge is 0.330 e. The minimum atomic E-state index is 0.478. The predicted molar refractivity (Wildman–Crippen MR) is 74.3 cm³/mol. The minimum absolute atomic E-state index is 0.478. The van der Waals surface area contributed by atoms with Gasteiger partial charge in [0, 0.05) is 30.9 Å². The highest BCUT2D eigenvalue weighted by Gasteiger charge is 2.24. The molecule has 2 heterocycles. The van der Waals surface area contributed by atoms with E-state index in [1.54, 1.807) is 0 Å². The van der Waals surface area contributed by atoms with E-state index in [1.807, 2.05) is 10.9 Å². The lowest BCUT2D eigenvalue weighted by Gasteiger charge is -2.36. The molecule has 1 aromatic rings. The van der Waals surface area contributed by atoms with Crippen LogP contribution in [0.2, 0.25) is 0 Å². The summed E-state index contributed by atoms with van der Waals surface area (Å²) in [5, 5.41) is 4.38. The molecule has 102 valence electrons. The van der Waals surface area contributed by atoms with E-state index in [4.69, 9.17) is 5.73 Å². The number of nitrogens with two attached hydrogens (primary N) is 1. The van der Waals surface area contributed by atoms with Gasteiger partial charge in [-0.05, 0) is 52.1 Å². The molecule has 0 radical (unpaired) electrons. The van der Waals surface area contributed by atoms with Crippen LogP contribution >= 0.6 is 0 Å². The van der Waals surface area contributed by atoms with E-state index >= 15 is 0 Å². The Bertz CT molecular complexity index is 358. The lowest BCUT2D eigenvalue weighted by atomic mass is 9.93. The van der Waals surface area contributed by atoms with Crippen LogP contribution in [0.15, 0.2) is 12.4 Å². The van der Waals surface area contributed by atoms with Crippen molar-refractivity contribution in [1.29, 1.82) is 0 Å². The van der Waals surface area contributed by atoms with Gasteiger partial charge in [-0.1, -0.05) is 0 Å². The number of hydrogen-bond donors (Lipinski definition) is 1. The Labute approximate surface area is 110 Å². The van der Waals surface area contributed by atoms with Crippen molar-refractivity contribution in [2.45, 2.75) is 45.7 Å². The molecule has 0 aliphatic carbocycles. The van der Waals surface area contributed by atoms with Crippen LogP contribution in [-0.4, -0.2) is 34.3 Å². The molecule has 18 heavy (non-hydrogen) atoms. The van der Waals surface area contributed by atoms with E-state index in [-0.39, 0.29) is 0 Å². The highest BCUT2D eigenvalue weighted by atomic mass is 15.3. The zero-order chi connectivity index (χ0) is 13.0. The molecule has 1 saturated heterocycles. The van der Waals surface area contributed by atoms with Crippen molar-refractivity contribution in [3.05, 3.63) is 18.0 Å². The highest BCUT2D eigenvalue weighted by Crippen LogP contribution is 2.27. The molecule has 1 aliphatic rings. The fourth-order valence-corrected chi connectivity index (χ4v) is 2.90. The zero-order valence-electron chi connectivity index (χ0n) is 11.7. The maximum Gasteiger partial charge on any atom is 0.0537 e. The fraction of sp³-hybridized carbons (Fsp3) is 0.786. The lowest BCUT2D eigenvalue weighted by molar-refractivity contribution is 0.128. The molecule has 2 unspecified atom stereocenters. The number of nitrogens with zero attached hydrogens (tertiary/aromatic N) is 3. The second-order valence-electron chi connectivity index (χ2n) is 5.39. The SMILES string of the molecule is CCn1cc(C(C)N2CCCC(CCN)C2)cn1. The van der Waals surface area contributed by atoms with Crippen molar-refractivity contribution < 1.29 is 0 Å². The normalized spacial score (nSPS) is 23.2. The van der Waals surface area contributed by atoms with Crippen molar-refractivity contribution in [2.75, 3.05) is 19.6 Å². The van der Waals surface area contributed by atoms with Crippen molar-refractivity contribution in [3.8, 4) is 0 Å². The molecule has 0 amide bonds.